The zero-order valence-electron chi connectivity index (χ0n) is 4.35. The lowest BCUT2D eigenvalue weighted by Crippen LogP contribution is -2.12. The molecule has 0 N–H and O–H groups in total. The lowest BCUT2D eigenvalue weighted by Gasteiger charge is -2.18. The van der Waals surface area contributed by atoms with Crippen LogP contribution in [0.4, 0.5) is 0 Å². The highest BCUT2D eigenvalue weighted by Gasteiger charge is 2.19. The summed E-state index contributed by atoms with van der Waals surface area (Å²) in [5.74, 6) is 0.775. The number of rotatable bonds is 1. The molecule has 0 heterocycles. The Morgan fingerprint density at radius 2 is 2.29 bits per heavy atom. The van der Waals surface area contributed by atoms with Crippen molar-refractivity contribution in [1.82, 2.24) is 0 Å². The van der Waals surface area contributed by atoms with Crippen LogP contribution in [0.1, 0.15) is 19.3 Å². The molecule has 0 aromatic carbocycles. The molecule has 1 rings (SSSR count). The van der Waals surface area contributed by atoms with Gasteiger partial charge in [0.05, 0.1) is 0 Å². The quantitative estimate of drug-likeness (QED) is 0.437. The number of nitrogens with zero attached hydrogens (tertiary/aromatic N) is 1. The molecule has 1 nitrogen and oxygen atoms in total. The van der Waals surface area contributed by atoms with Crippen LogP contribution in [-0.2, 0) is 0 Å². The third-order valence-electron chi connectivity index (χ3n) is 1.57. The fourth-order valence-electron chi connectivity index (χ4n) is 0.804. The van der Waals surface area contributed by atoms with E-state index in [4.69, 9.17) is 6.57 Å². The largest absolute Gasteiger partial charge is 0.317 e. The van der Waals surface area contributed by atoms with Crippen molar-refractivity contribution in [2.75, 3.05) is 6.54 Å². The minimum atomic E-state index is 0.775. The minimum Gasteiger partial charge on any atom is -0.317 e. The molecule has 0 unspecified atom stereocenters. The molecule has 1 aliphatic carbocycles. The van der Waals surface area contributed by atoms with Crippen LogP contribution in [0.15, 0.2) is 0 Å². The summed E-state index contributed by atoms with van der Waals surface area (Å²) in [7, 11) is 0. The Morgan fingerprint density at radius 1 is 1.57 bits per heavy atom. The van der Waals surface area contributed by atoms with Crippen molar-refractivity contribution < 1.29 is 0 Å². The Kier molecular flexibility index (Phi) is 1.31. The van der Waals surface area contributed by atoms with Crippen LogP contribution in [0, 0.1) is 12.5 Å². The Bertz CT molecular complexity index is 86.8. The standard InChI is InChI=1S/C6H9N/c1-7-5-6-3-2-4-6/h6H,2-5H2. The zero-order valence-corrected chi connectivity index (χ0v) is 4.35. The lowest BCUT2D eigenvalue weighted by atomic mass is 9.86. The summed E-state index contributed by atoms with van der Waals surface area (Å²) >= 11 is 0. The number of hydrogen-bond acceptors (Lipinski definition) is 0. The molecule has 0 saturated heterocycles. The molecular weight excluding hydrogens is 86.1 g/mol. The highest BCUT2D eigenvalue weighted by atomic mass is 14.6. The van der Waals surface area contributed by atoms with E-state index in [0.717, 1.165) is 12.5 Å². The minimum absolute atomic E-state index is 0.775. The van der Waals surface area contributed by atoms with Crippen molar-refractivity contribution in [3.63, 3.8) is 0 Å². The third kappa shape index (κ3) is 0.928. The summed E-state index contributed by atoms with van der Waals surface area (Å²) in [5.41, 5.74) is 0. The Morgan fingerprint density at radius 3 is 2.43 bits per heavy atom. The van der Waals surface area contributed by atoms with Crippen LogP contribution >= 0.6 is 0 Å². The molecule has 0 aromatic heterocycles. The van der Waals surface area contributed by atoms with Crippen molar-refractivity contribution in [2.24, 2.45) is 5.92 Å². The van der Waals surface area contributed by atoms with Gasteiger partial charge in [0.2, 0.25) is 6.54 Å². The second kappa shape index (κ2) is 1.97. The fraction of sp³-hybridized carbons (Fsp3) is 0.833. The molecule has 1 heteroatoms. The zero-order chi connectivity index (χ0) is 5.11. The first-order valence-corrected chi connectivity index (χ1v) is 2.76. The van der Waals surface area contributed by atoms with E-state index in [1.54, 1.807) is 0 Å². The topological polar surface area (TPSA) is 4.36 Å². The smallest absolute Gasteiger partial charge is 0.217 e. The molecule has 1 aliphatic rings. The molecule has 1 saturated carbocycles. The summed E-state index contributed by atoms with van der Waals surface area (Å²) in [6.07, 6.45) is 3.98. The molecule has 0 spiro atoms. The molecule has 1 fully saturated rings. The van der Waals surface area contributed by atoms with Crippen molar-refractivity contribution in [3.8, 4) is 0 Å². The first kappa shape index (κ1) is 4.64. The van der Waals surface area contributed by atoms with E-state index in [9.17, 15) is 0 Å². The Hall–Kier alpha value is -0.510. The highest BCUT2D eigenvalue weighted by Crippen LogP contribution is 2.25. The van der Waals surface area contributed by atoms with Gasteiger partial charge in [-0.25, -0.2) is 6.57 Å². The Balaban J connectivity index is 2.06. The second-order valence-corrected chi connectivity index (χ2v) is 2.14. The van der Waals surface area contributed by atoms with Gasteiger partial charge in [0, 0.05) is 5.92 Å². The predicted octanol–water partition coefficient (Wildman–Crippen LogP) is 1.71. The van der Waals surface area contributed by atoms with Crippen molar-refractivity contribution in [1.29, 1.82) is 0 Å². The van der Waals surface area contributed by atoms with Gasteiger partial charge in [-0.15, -0.1) is 0 Å². The van der Waals surface area contributed by atoms with Crippen LogP contribution < -0.4 is 0 Å². The molecule has 38 valence electrons. The van der Waals surface area contributed by atoms with Gasteiger partial charge in [0.1, 0.15) is 0 Å². The third-order valence-corrected chi connectivity index (χ3v) is 1.57. The molecule has 0 aromatic rings. The van der Waals surface area contributed by atoms with E-state index in [1.165, 1.54) is 19.3 Å². The van der Waals surface area contributed by atoms with Crippen LogP contribution in [0.2, 0.25) is 0 Å². The van der Waals surface area contributed by atoms with E-state index in [2.05, 4.69) is 4.85 Å². The van der Waals surface area contributed by atoms with Gasteiger partial charge in [-0.3, -0.25) is 0 Å². The van der Waals surface area contributed by atoms with E-state index < -0.39 is 0 Å². The monoisotopic (exact) mass is 95.1 g/mol. The molecule has 0 bridgehead atoms. The molecular formula is C6H9N. The van der Waals surface area contributed by atoms with Gasteiger partial charge in [-0.2, -0.15) is 0 Å². The maximum absolute atomic E-state index is 6.50. The van der Waals surface area contributed by atoms with Crippen molar-refractivity contribution in [2.45, 2.75) is 19.3 Å². The second-order valence-electron chi connectivity index (χ2n) is 2.14. The summed E-state index contributed by atoms with van der Waals surface area (Å²) < 4.78 is 0. The average Bonchev–Trinajstić information content (AvgIpc) is 1.55. The number of hydrogen-bond donors (Lipinski definition) is 0. The van der Waals surface area contributed by atoms with Gasteiger partial charge in [0.25, 0.3) is 0 Å². The highest BCUT2D eigenvalue weighted by molar-refractivity contribution is 4.76. The SMILES string of the molecule is [C-]#[N+]CC1CCC1. The molecule has 0 atom stereocenters. The lowest BCUT2D eigenvalue weighted by molar-refractivity contribution is 0.339. The predicted molar refractivity (Wildman–Crippen MR) is 28.8 cm³/mol. The summed E-state index contributed by atoms with van der Waals surface area (Å²) in [6.45, 7) is 7.27. The van der Waals surface area contributed by atoms with Gasteiger partial charge in [-0.05, 0) is 12.8 Å². The van der Waals surface area contributed by atoms with E-state index >= 15 is 0 Å². The summed E-state index contributed by atoms with van der Waals surface area (Å²) in [4.78, 5) is 3.31. The normalized spacial score (nSPS) is 20.4. The molecule has 0 radical (unpaired) electrons. The van der Waals surface area contributed by atoms with Crippen molar-refractivity contribution in [3.05, 3.63) is 11.4 Å². The summed E-state index contributed by atoms with van der Waals surface area (Å²) in [5, 5.41) is 0. The molecule has 0 aliphatic heterocycles. The van der Waals surface area contributed by atoms with E-state index in [0.29, 0.717) is 0 Å². The first-order chi connectivity index (χ1) is 3.43. The maximum atomic E-state index is 6.50. The van der Waals surface area contributed by atoms with Gasteiger partial charge in [0.15, 0.2) is 0 Å². The first-order valence-electron chi connectivity index (χ1n) is 2.76. The van der Waals surface area contributed by atoms with E-state index in [1.807, 2.05) is 0 Å². The van der Waals surface area contributed by atoms with Crippen LogP contribution in [0.5, 0.6) is 0 Å². The summed E-state index contributed by atoms with van der Waals surface area (Å²) in [6, 6.07) is 0. The fourth-order valence-corrected chi connectivity index (χ4v) is 0.804. The van der Waals surface area contributed by atoms with Gasteiger partial charge in [-0.1, -0.05) is 6.42 Å². The maximum Gasteiger partial charge on any atom is 0.217 e. The van der Waals surface area contributed by atoms with Crippen LogP contribution in [-0.4, -0.2) is 6.54 Å². The Labute approximate surface area is 44.2 Å². The van der Waals surface area contributed by atoms with Gasteiger partial charge >= 0.3 is 0 Å². The van der Waals surface area contributed by atoms with Gasteiger partial charge < -0.3 is 4.85 Å². The molecule has 0 amide bonds. The van der Waals surface area contributed by atoms with Crippen LogP contribution in [0.3, 0.4) is 0 Å². The van der Waals surface area contributed by atoms with Crippen molar-refractivity contribution >= 4 is 0 Å². The average molecular weight is 95.1 g/mol. The molecule has 7 heavy (non-hydrogen) atoms. The van der Waals surface area contributed by atoms with Crippen LogP contribution in [0.25, 0.3) is 4.85 Å². The van der Waals surface area contributed by atoms with E-state index in [-0.39, 0.29) is 0 Å².